The van der Waals surface area contributed by atoms with Crippen molar-refractivity contribution in [3.05, 3.63) is 48.5 Å². The molecule has 0 aliphatic heterocycles. The first-order chi connectivity index (χ1) is 10.0. The second-order valence-electron chi connectivity index (χ2n) is 5.56. The van der Waals surface area contributed by atoms with Gasteiger partial charge in [-0.3, -0.25) is 4.79 Å². The average molecular weight is 286 g/mol. The minimum absolute atomic E-state index is 0.149. The van der Waals surface area contributed by atoms with Gasteiger partial charge >= 0.3 is 0 Å². The fourth-order valence-corrected chi connectivity index (χ4v) is 2.25. The summed E-state index contributed by atoms with van der Waals surface area (Å²) in [4.78, 5) is 16.2. The molecule has 112 valence electrons. The van der Waals surface area contributed by atoms with Crippen LogP contribution in [0, 0.1) is 0 Å². The Bertz CT molecular complexity index is 590. The van der Waals surface area contributed by atoms with Crippen molar-refractivity contribution in [3.8, 4) is 0 Å². The number of rotatable bonds is 6. The lowest BCUT2D eigenvalue weighted by molar-refractivity contribution is -0.120. The zero-order valence-corrected chi connectivity index (χ0v) is 12.5. The fraction of sp³-hybridized carbons (Fsp3) is 0.375. The number of amides is 1. The van der Waals surface area contributed by atoms with E-state index in [4.69, 9.17) is 5.73 Å². The molecule has 0 saturated heterocycles. The molecule has 1 heterocycles. The van der Waals surface area contributed by atoms with E-state index in [-0.39, 0.29) is 5.91 Å². The summed E-state index contributed by atoms with van der Waals surface area (Å²) in [5.41, 5.74) is 7.07. The van der Waals surface area contributed by atoms with Crippen LogP contribution in [0.5, 0.6) is 0 Å². The third kappa shape index (κ3) is 4.16. The number of aromatic nitrogens is 2. The Labute approximate surface area is 125 Å². The van der Waals surface area contributed by atoms with Gasteiger partial charge in [0.25, 0.3) is 0 Å². The van der Waals surface area contributed by atoms with Gasteiger partial charge < -0.3 is 15.6 Å². The maximum atomic E-state index is 12.2. The molecule has 0 spiro atoms. The number of nitrogens with zero attached hydrogens (tertiary/aromatic N) is 2. The Morgan fingerprint density at radius 3 is 2.95 bits per heavy atom. The summed E-state index contributed by atoms with van der Waals surface area (Å²) >= 11 is 0. The predicted molar refractivity (Wildman–Crippen MR) is 83.9 cm³/mol. The molecule has 1 aromatic carbocycles. The summed E-state index contributed by atoms with van der Waals surface area (Å²) in [6.07, 6.45) is 6.96. The highest BCUT2D eigenvalue weighted by molar-refractivity contribution is 5.97. The second kappa shape index (κ2) is 6.54. The first kappa shape index (κ1) is 15.3. The Morgan fingerprint density at radius 2 is 2.29 bits per heavy atom. The number of anilines is 1. The number of nitrogens with one attached hydrogen (secondary N) is 1. The van der Waals surface area contributed by atoms with E-state index >= 15 is 0 Å². The molecule has 1 atom stereocenters. The van der Waals surface area contributed by atoms with Crippen molar-refractivity contribution in [2.45, 2.75) is 38.8 Å². The quantitative estimate of drug-likeness (QED) is 0.856. The van der Waals surface area contributed by atoms with Crippen LogP contribution in [-0.4, -0.2) is 21.0 Å². The van der Waals surface area contributed by atoms with Crippen LogP contribution in [0.3, 0.4) is 0 Å². The zero-order valence-electron chi connectivity index (χ0n) is 12.5. The molecular formula is C16H22N4O. The van der Waals surface area contributed by atoms with Gasteiger partial charge in [-0.15, -0.1) is 0 Å². The Kier molecular flexibility index (Phi) is 4.75. The molecule has 21 heavy (non-hydrogen) atoms. The van der Waals surface area contributed by atoms with Crippen LogP contribution in [0.15, 0.2) is 43.0 Å². The summed E-state index contributed by atoms with van der Waals surface area (Å²) in [5.74, 6) is -0.149. The molecule has 1 amide bonds. The number of carbonyl (C=O) groups is 1. The molecule has 3 N–H and O–H groups in total. The van der Waals surface area contributed by atoms with Crippen LogP contribution < -0.4 is 11.1 Å². The Hall–Kier alpha value is -2.14. The molecule has 0 aliphatic carbocycles. The minimum atomic E-state index is -0.838. The van der Waals surface area contributed by atoms with E-state index in [1.807, 2.05) is 42.0 Å². The van der Waals surface area contributed by atoms with Gasteiger partial charge in [0.05, 0.1) is 11.9 Å². The highest BCUT2D eigenvalue weighted by Crippen LogP contribution is 2.16. The average Bonchev–Trinajstić information content (AvgIpc) is 2.92. The van der Waals surface area contributed by atoms with Crippen molar-refractivity contribution < 1.29 is 4.79 Å². The normalized spacial score (nSPS) is 13.7. The van der Waals surface area contributed by atoms with Gasteiger partial charge in [-0.25, -0.2) is 4.98 Å². The van der Waals surface area contributed by atoms with Gasteiger partial charge in [-0.05, 0) is 31.0 Å². The summed E-state index contributed by atoms with van der Waals surface area (Å²) in [6, 6.07) is 7.77. The predicted octanol–water partition coefficient (Wildman–Crippen LogP) is 2.39. The van der Waals surface area contributed by atoms with Crippen molar-refractivity contribution in [2.75, 3.05) is 5.32 Å². The second-order valence-corrected chi connectivity index (χ2v) is 5.56. The van der Waals surface area contributed by atoms with E-state index in [9.17, 15) is 4.79 Å². The lowest BCUT2D eigenvalue weighted by atomic mass is 9.96. The number of hydrogen-bond donors (Lipinski definition) is 2. The maximum absolute atomic E-state index is 12.2. The number of benzene rings is 1. The van der Waals surface area contributed by atoms with Crippen molar-refractivity contribution in [1.29, 1.82) is 0 Å². The Balaban J connectivity index is 2.06. The van der Waals surface area contributed by atoms with Crippen molar-refractivity contribution in [1.82, 2.24) is 9.55 Å². The third-order valence-electron chi connectivity index (χ3n) is 3.40. The number of carbonyl (C=O) groups excluding carboxylic acids is 1. The Morgan fingerprint density at radius 1 is 1.48 bits per heavy atom. The van der Waals surface area contributed by atoms with E-state index in [1.165, 1.54) is 0 Å². The smallest absolute Gasteiger partial charge is 0.244 e. The first-order valence-electron chi connectivity index (χ1n) is 7.16. The van der Waals surface area contributed by atoms with Gasteiger partial charge in [0, 0.05) is 24.6 Å². The largest absolute Gasteiger partial charge is 0.333 e. The van der Waals surface area contributed by atoms with E-state index in [1.54, 1.807) is 19.4 Å². The van der Waals surface area contributed by atoms with Crippen molar-refractivity contribution in [2.24, 2.45) is 5.73 Å². The highest BCUT2D eigenvalue weighted by Gasteiger charge is 2.27. The van der Waals surface area contributed by atoms with E-state index < -0.39 is 5.54 Å². The fourth-order valence-electron chi connectivity index (χ4n) is 2.25. The van der Waals surface area contributed by atoms with Crippen LogP contribution in [0.25, 0.3) is 0 Å². The number of nitrogens with two attached hydrogens (primary N) is 1. The van der Waals surface area contributed by atoms with E-state index in [0.29, 0.717) is 6.42 Å². The summed E-state index contributed by atoms with van der Waals surface area (Å²) < 4.78 is 1.98. The highest BCUT2D eigenvalue weighted by atomic mass is 16.2. The number of hydrogen-bond acceptors (Lipinski definition) is 3. The molecule has 2 rings (SSSR count). The van der Waals surface area contributed by atoms with Gasteiger partial charge in [-0.1, -0.05) is 25.5 Å². The summed E-state index contributed by atoms with van der Waals surface area (Å²) in [5, 5.41) is 2.90. The van der Waals surface area contributed by atoms with Crippen LogP contribution in [0.4, 0.5) is 5.69 Å². The number of imidazole rings is 1. The molecule has 5 nitrogen and oxygen atoms in total. The van der Waals surface area contributed by atoms with E-state index in [0.717, 1.165) is 24.2 Å². The minimum Gasteiger partial charge on any atom is -0.333 e. The molecule has 2 aromatic rings. The lowest BCUT2D eigenvalue weighted by Crippen LogP contribution is -2.48. The molecule has 1 aromatic heterocycles. The van der Waals surface area contributed by atoms with Crippen molar-refractivity contribution >= 4 is 11.6 Å². The lowest BCUT2D eigenvalue weighted by Gasteiger charge is -2.23. The molecule has 0 fully saturated rings. The van der Waals surface area contributed by atoms with Crippen LogP contribution in [0.2, 0.25) is 0 Å². The van der Waals surface area contributed by atoms with Gasteiger partial charge in [0.1, 0.15) is 0 Å². The van der Waals surface area contributed by atoms with Gasteiger partial charge in [0.2, 0.25) is 5.91 Å². The monoisotopic (exact) mass is 286 g/mol. The first-order valence-corrected chi connectivity index (χ1v) is 7.16. The molecule has 0 bridgehead atoms. The van der Waals surface area contributed by atoms with Crippen LogP contribution in [-0.2, 0) is 11.3 Å². The molecule has 0 radical (unpaired) electrons. The topological polar surface area (TPSA) is 72.9 Å². The van der Waals surface area contributed by atoms with Crippen LogP contribution in [0.1, 0.15) is 32.3 Å². The molecule has 0 saturated carbocycles. The third-order valence-corrected chi connectivity index (χ3v) is 3.40. The molecular weight excluding hydrogens is 264 g/mol. The molecule has 5 heteroatoms. The SMILES string of the molecule is CCCC(C)(N)C(=O)Nc1cccc(Cn2ccnc2)c1. The molecule has 1 unspecified atom stereocenters. The summed E-state index contributed by atoms with van der Waals surface area (Å²) in [7, 11) is 0. The maximum Gasteiger partial charge on any atom is 0.244 e. The summed E-state index contributed by atoms with van der Waals surface area (Å²) in [6.45, 7) is 4.50. The van der Waals surface area contributed by atoms with Crippen LogP contribution >= 0.6 is 0 Å². The van der Waals surface area contributed by atoms with Gasteiger partial charge in [0.15, 0.2) is 0 Å². The van der Waals surface area contributed by atoms with Gasteiger partial charge in [-0.2, -0.15) is 0 Å². The molecule has 0 aliphatic rings. The zero-order chi connectivity index (χ0) is 15.3. The standard InChI is InChI=1S/C16H22N4O/c1-3-7-16(2,17)15(21)19-14-6-4-5-13(10-14)11-20-9-8-18-12-20/h4-6,8-10,12H,3,7,11,17H2,1-2H3,(H,19,21). The van der Waals surface area contributed by atoms with E-state index in [2.05, 4.69) is 10.3 Å². The van der Waals surface area contributed by atoms with Crippen molar-refractivity contribution in [3.63, 3.8) is 0 Å².